The summed E-state index contributed by atoms with van der Waals surface area (Å²) in [6, 6.07) is 5.80. The van der Waals surface area contributed by atoms with Crippen molar-refractivity contribution in [1.29, 1.82) is 0 Å². The first-order chi connectivity index (χ1) is 15.3. The Morgan fingerprint density at radius 3 is 2.41 bits per heavy atom. The van der Waals surface area contributed by atoms with Crippen molar-refractivity contribution in [1.82, 2.24) is 23.9 Å². The van der Waals surface area contributed by atoms with Crippen molar-refractivity contribution in [3.63, 3.8) is 0 Å². The van der Waals surface area contributed by atoms with E-state index < -0.39 is 28.5 Å². The van der Waals surface area contributed by atoms with Gasteiger partial charge < -0.3 is 10.1 Å². The van der Waals surface area contributed by atoms with E-state index in [2.05, 4.69) is 20.4 Å². The molecule has 0 saturated heterocycles. The van der Waals surface area contributed by atoms with E-state index in [1.165, 1.54) is 45.6 Å². The molecule has 0 saturated carbocycles. The van der Waals surface area contributed by atoms with E-state index in [4.69, 9.17) is 4.74 Å². The van der Waals surface area contributed by atoms with Crippen molar-refractivity contribution < 1.29 is 22.7 Å². The summed E-state index contributed by atoms with van der Waals surface area (Å²) in [4.78, 5) is 32.8. The topological polar surface area (TPSA) is 136 Å². The molecule has 0 atom stereocenters. The van der Waals surface area contributed by atoms with Gasteiger partial charge in [0.05, 0.1) is 16.2 Å². The molecule has 11 nitrogen and oxygen atoms in total. The summed E-state index contributed by atoms with van der Waals surface area (Å²) in [6.07, 6.45) is 3.17. The lowest BCUT2D eigenvalue weighted by atomic mass is 10.2. The fourth-order valence-electron chi connectivity index (χ4n) is 3.16. The molecular weight excluding hydrogens is 436 g/mol. The van der Waals surface area contributed by atoms with Gasteiger partial charge in [0.15, 0.2) is 6.61 Å². The third-order valence-electron chi connectivity index (χ3n) is 4.78. The molecule has 2 aromatic heterocycles. The first kappa shape index (κ1) is 23.3. The van der Waals surface area contributed by atoms with Crippen LogP contribution in [0.1, 0.15) is 36.8 Å². The number of nitrogens with one attached hydrogen (secondary N) is 1. The van der Waals surface area contributed by atoms with Gasteiger partial charge in [-0.2, -0.15) is 14.4 Å². The number of carbonyl (C=O) groups excluding carboxylic acids is 2. The number of sulfonamides is 1. The number of esters is 1. The fourth-order valence-corrected chi connectivity index (χ4v) is 4.62. The molecule has 1 N–H and O–H groups in total. The van der Waals surface area contributed by atoms with Gasteiger partial charge in [0.2, 0.25) is 10.0 Å². The van der Waals surface area contributed by atoms with Gasteiger partial charge in [-0.3, -0.25) is 4.79 Å². The van der Waals surface area contributed by atoms with Crippen LogP contribution in [0.15, 0.2) is 41.7 Å². The normalized spacial score (nSPS) is 11.6. The minimum atomic E-state index is -3.58. The summed E-state index contributed by atoms with van der Waals surface area (Å²) in [6.45, 7) is 5.59. The SMILES string of the molecule is CCc1c(C(=O)OCC(=O)Nc2ccc(S(=O)(=O)N(CC)CC)cc2)cnc2ncnn12. The van der Waals surface area contributed by atoms with Crippen LogP contribution >= 0.6 is 0 Å². The molecule has 0 aliphatic heterocycles. The quantitative estimate of drug-likeness (QED) is 0.475. The summed E-state index contributed by atoms with van der Waals surface area (Å²) in [7, 11) is -3.58. The number of carbonyl (C=O) groups is 2. The second-order valence-corrected chi connectivity index (χ2v) is 8.62. The molecule has 0 fully saturated rings. The number of amides is 1. The zero-order chi connectivity index (χ0) is 23.3. The molecule has 0 spiro atoms. The molecule has 0 radical (unpaired) electrons. The number of nitrogens with zero attached hydrogens (tertiary/aromatic N) is 5. The van der Waals surface area contributed by atoms with Crippen LogP contribution < -0.4 is 5.32 Å². The lowest BCUT2D eigenvalue weighted by molar-refractivity contribution is -0.119. The van der Waals surface area contributed by atoms with Crippen LogP contribution in [-0.2, 0) is 26.0 Å². The number of hydrogen-bond donors (Lipinski definition) is 1. The molecular formula is C20H24N6O5S. The van der Waals surface area contributed by atoms with Crippen molar-refractivity contribution >= 4 is 33.4 Å². The highest BCUT2D eigenvalue weighted by Gasteiger charge is 2.21. The van der Waals surface area contributed by atoms with Crippen molar-refractivity contribution in [3.8, 4) is 0 Å². The Balaban J connectivity index is 1.62. The summed E-state index contributed by atoms with van der Waals surface area (Å²) in [5, 5.41) is 6.61. The van der Waals surface area contributed by atoms with Gasteiger partial charge in [-0.15, -0.1) is 0 Å². The zero-order valence-electron chi connectivity index (χ0n) is 18.0. The smallest absolute Gasteiger partial charge is 0.342 e. The molecule has 0 aliphatic carbocycles. The lowest BCUT2D eigenvalue weighted by Crippen LogP contribution is -2.30. The van der Waals surface area contributed by atoms with E-state index >= 15 is 0 Å². The third kappa shape index (κ3) is 4.75. The highest BCUT2D eigenvalue weighted by Crippen LogP contribution is 2.18. The van der Waals surface area contributed by atoms with Crippen molar-refractivity contribution in [3.05, 3.63) is 48.0 Å². The summed E-state index contributed by atoms with van der Waals surface area (Å²) in [5.41, 5.74) is 1.15. The van der Waals surface area contributed by atoms with Gasteiger partial charge in [0, 0.05) is 25.0 Å². The Labute approximate surface area is 185 Å². The van der Waals surface area contributed by atoms with E-state index in [9.17, 15) is 18.0 Å². The zero-order valence-corrected chi connectivity index (χ0v) is 18.8. The second-order valence-electron chi connectivity index (χ2n) is 6.68. The number of hydrogen-bond acceptors (Lipinski definition) is 8. The van der Waals surface area contributed by atoms with E-state index in [1.54, 1.807) is 13.8 Å². The maximum Gasteiger partial charge on any atom is 0.342 e. The third-order valence-corrected chi connectivity index (χ3v) is 6.84. The Hall–Kier alpha value is -3.38. The van der Waals surface area contributed by atoms with Crippen LogP contribution in [0.5, 0.6) is 0 Å². The molecule has 1 amide bonds. The molecule has 0 bridgehead atoms. The van der Waals surface area contributed by atoms with Crippen LogP contribution in [0, 0.1) is 0 Å². The Bertz CT molecular complexity index is 1220. The van der Waals surface area contributed by atoms with Crippen molar-refractivity contribution in [2.45, 2.75) is 32.1 Å². The average molecular weight is 461 g/mol. The largest absolute Gasteiger partial charge is 0.452 e. The van der Waals surface area contributed by atoms with Crippen LogP contribution in [0.25, 0.3) is 5.78 Å². The molecule has 3 rings (SSSR count). The predicted molar refractivity (Wildman–Crippen MR) is 116 cm³/mol. The number of aromatic nitrogens is 4. The first-order valence-electron chi connectivity index (χ1n) is 10.1. The predicted octanol–water partition coefficient (Wildman–Crippen LogP) is 1.51. The molecule has 0 aliphatic rings. The second kappa shape index (κ2) is 9.83. The van der Waals surface area contributed by atoms with Crippen LogP contribution in [-0.4, -0.2) is 63.9 Å². The van der Waals surface area contributed by atoms with Gasteiger partial charge >= 0.3 is 5.97 Å². The number of anilines is 1. The highest BCUT2D eigenvalue weighted by molar-refractivity contribution is 7.89. The van der Waals surface area contributed by atoms with Crippen LogP contribution in [0.2, 0.25) is 0 Å². The van der Waals surface area contributed by atoms with Crippen molar-refractivity contribution in [2.24, 2.45) is 0 Å². The van der Waals surface area contributed by atoms with E-state index in [0.717, 1.165) is 0 Å². The van der Waals surface area contributed by atoms with Gasteiger partial charge in [-0.25, -0.2) is 22.7 Å². The molecule has 2 heterocycles. The van der Waals surface area contributed by atoms with Crippen LogP contribution in [0.4, 0.5) is 5.69 Å². The standard InChI is InChI=1S/C20H24N6O5S/c1-4-17-16(11-21-20-22-13-23-26(17)20)19(28)31-12-18(27)24-14-7-9-15(10-8-14)32(29,30)25(5-2)6-3/h7-11,13H,4-6,12H2,1-3H3,(H,24,27). The summed E-state index contributed by atoms with van der Waals surface area (Å²) < 4.78 is 33.0. The van der Waals surface area contributed by atoms with Gasteiger partial charge in [-0.1, -0.05) is 20.8 Å². The molecule has 12 heteroatoms. The number of rotatable bonds is 9. The Morgan fingerprint density at radius 2 is 1.78 bits per heavy atom. The number of ether oxygens (including phenoxy) is 1. The van der Waals surface area contributed by atoms with Crippen molar-refractivity contribution in [2.75, 3.05) is 25.0 Å². The minimum absolute atomic E-state index is 0.133. The minimum Gasteiger partial charge on any atom is -0.452 e. The maximum atomic E-state index is 12.5. The molecule has 1 aromatic carbocycles. The summed E-state index contributed by atoms with van der Waals surface area (Å²) in [5.74, 6) is -0.907. The number of fused-ring (bicyclic) bond motifs is 1. The Kier molecular flexibility index (Phi) is 7.15. The number of benzene rings is 1. The Morgan fingerprint density at radius 1 is 1.09 bits per heavy atom. The van der Waals surface area contributed by atoms with Gasteiger partial charge in [0.1, 0.15) is 6.33 Å². The molecule has 0 unspecified atom stereocenters. The fraction of sp³-hybridized carbons (Fsp3) is 0.350. The van der Waals surface area contributed by atoms with Gasteiger partial charge in [-0.05, 0) is 30.7 Å². The lowest BCUT2D eigenvalue weighted by Gasteiger charge is -2.18. The number of aryl methyl sites for hydroxylation is 1. The maximum absolute atomic E-state index is 12.5. The van der Waals surface area contributed by atoms with Crippen LogP contribution in [0.3, 0.4) is 0 Å². The molecule has 32 heavy (non-hydrogen) atoms. The van der Waals surface area contributed by atoms with E-state index in [0.29, 0.717) is 36.7 Å². The van der Waals surface area contributed by atoms with E-state index in [1.807, 2.05) is 6.92 Å². The first-order valence-corrected chi connectivity index (χ1v) is 11.5. The monoisotopic (exact) mass is 460 g/mol. The van der Waals surface area contributed by atoms with E-state index in [-0.39, 0.29) is 10.5 Å². The molecule has 3 aromatic rings. The summed E-state index contributed by atoms with van der Waals surface area (Å²) >= 11 is 0. The average Bonchev–Trinajstić information content (AvgIpc) is 3.26. The molecule has 170 valence electrons. The van der Waals surface area contributed by atoms with Gasteiger partial charge in [0.25, 0.3) is 11.7 Å². The highest BCUT2D eigenvalue weighted by atomic mass is 32.2.